The van der Waals surface area contributed by atoms with Crippen molar-refractivity contribution in [1.29, 1.82) is 0 Å². The van der Waals surface area contributed by atoms with Gasteiger partial charge in [0.1, 0.15) is 12.4 Å². The van der Waals surface area contributed by atoms with E-state index in [1.54, 1.807) is 0 Å². The second kappa shape index (κ2) is 4.75. The average Bonchev–Trinajstić information content (AvgIpc) is 1.98. The van der Waals surface area contributed by atoms with Crippen LogP contribution in [0.5, 0.6) is 0 Å². The average molecular weight is 224 g/mol. The maximum absolute atomic E-state index is 12.4. The van der Waals surface area contributed by atoms with Gasteiger partial charge in [-0.2, -0.15) is 8.42 Å². The summed E-state index contributed by atoms with van der Waals surface area (Å²) in [4.78, 5) is 0. The normalized spacial score (nSPS) is 19.5. The molecule has 3 nitrogen and oxygen atoms in total. The third-order valence-corrected chi connectivity index (χ3v) is 1.95. The lowest BCUT2D eigenvalue weighted by Crippen LogP contribution is -2.34. The topological polar surface area (TPSA) is 54.4 Å². The van der Waals surface area contributed by atoms with E-state index in [9.17, 15) is 26.0 Å². The summed E-state index contributed by atoms with van der Waals surface area (Å²) in [7, 11) is -4.71. The van der Waals surface area contributed by atoms with Crippen molar-refractivity contribution >= 4 is 10.1 Å². The minimum atomic E-state index is -4.71. The molecule has 0 spiro atoms. The fourth-order valence-corrected chi connectivity index (χ4v) is 1.19. The van der Waals surface area contributed by atoms with Gasteiger partial charge in [-0.15, -0.1) is 0 Å². The van der Waals surface area contributed by atoms with Gasteiger partial charge in [-0.05, 0) is 0 Å². The van der Waals surface area contributed by atoms with Crippen molar-refractivity contribution in [3.8, 4) is 0 Å². The van der Waals surface area contributed by atoms with E-state index in [-0.39, 0.29) is 0 Å². The molecule has 0 heterocycles. The summed E-state index contributed by atoms with van der Waals surface area (Å²) in [6.45, 7) is -1.74. The van der Waals surface area contributed by atoms with Gasteiger partial charge in [0.05, 0.1) is 0 Å². The van der Waals surface area contributed by atoms with Gasteiger partial charge in [-0.1, -0.05) is 0 Å². The van der Waals surface area contributed by atoms with E-state index in [0.717, 1.165) is 0 Å². The maximum atomic E-state index is 12.4. The van der Waals surface area contributed by atoms with Crippen LogP contribution >= 0.6 is 0 Å². The molecule has 0 amide bonds. The summed E-state index contributed by atoms with van der Waals surface area (Å²) in [5.74, 6) is -1.57. The highest BCUT2D eigenvalue weighted by Gasteiger charge is 2.32. The van der Waals surface area contributed by atoms with Gasteiger partial charge in [0.2, 0.25) is 0 Å². The van der Waals surface area contributed by atoms with Gasteiger partial charge < -0.3 is 0 Å². The molecule has 0 aromatic rings. The largest absolute Gasteiger partial charge is 0.285 e. The van der Waals surface area contributed by atoms with Crippen LogP contribution in [0.3, 0.4) is 0 Å². The Morgan fingerprint density at radius 2 is 1.62 bits per heavy atom. The second-order valence-corrected chi connectivity index (χ2v) is 3.88. The van der Waals surface area contributed by atoms with E-state index in [2.05, 4.69) is 0 Å². The monoisotopic (exact) mass is 224 g/mol. The zero-order valence-electron chi connectivity index (χ0n) is 6.33. The molecule has 80 valence electrons. The predicted molar refractivity (Wildman–Crippen MR) is 37.1 cm³/mol. The van der Waals surface area contributed by atoms with Crippen LogP contribution in [0.2, 0.25) is 0 Å². The van der Waals surface area contributed by atoms with Crippen LogP contribution < -0.4 is 0 Å². The molecule has 0 aromatic carbocycles. The van der Waals surface area contributed by atoms with Crippen molar-refractivity contribution in [2.75, 3.05) is 12.4 Å². The highest BCUT2D eigenvalue weighted by Crippen LogP contribution is 2.14. The van der Waals surface area contributed by atoms with Gasteiger partial charge in [0.15, 0.2) is 18.5 Å². The first-order chi connectivity index (χ1) is 5.78. The zero-order valence-corrected chi connectivity index (χ0v) is 7.15. The molecular weight excluding hydrogens is 216 g/mol. The molecule has 0 saturated heterocycles. The molecule has 3 atom stereocenters. The molecule has 0 bridgehead atoms. The van der Waals surface area contributed by atoms with Crippen molar-refractivity contribution < 1.29 is 30.5 Å². The molecule has 0 aliphatic carbocycles. The Bertz CT molecular complexity index is 242. The molecular formula is C5H8F4O3S. The summed E-state index contributed by atoms with van der Waals surface area (Å²) >= 11 is 0. The number of hydrogen-bond acceptors (Lipinski definition) is 2. The van der Waals surface area contributed by atoms with Crippen LogP contribution in [-0.4, -0.2) is 43.9 Å². The Morgan fingerprint density at radius 1 is 1.15 bits per heavy atom. The molecule has 1 N–H and O–H groups in total. The van der Waals surface area contributed by atoms with E-state index in [4.69, 9.17) is 4.55 Å². The molecule has 13 heavy (non-hydrogen) atoms. The van der Waals surface area contributed by atoms with E-state index in [1.165, 1.54) is 0 Å². The molecule has 0 saturated carbocycles. The van der Waals surface area contributed by atoms with Crippen molar-refractivity contribution in [3.63, 3.8) is 0 Å². The Morgan fingerprint density at radius 3 is 1.92 bits per heavy atom. The first-order valence-corrected chi connectivity index (χ1v) is 4.82. The van der Waals surface area contributed by atoms with Crippen molar-refractivity contribution in [2.45, 2.75) is 18.5 Å². The van der Waals surface area contributed by atoms with Crippen LogP contribution in [0, 0.1) is 0 Å². The fraction of sp³-hybridized carbons (Fsp3) is 1.00. The minimum Gasteiger partial charge on any atom is -0.285 e. The Balaban J connectivity index is 4.19. The van der Waals surface area contributed by atoms with Crippen molar-refractivity contribution in [1.82, 2.24) is 0 Å². The molecule has 8 heteroatoms. The maximum Gasteiger partial charge on any atom is 0.267 e. The minimum absolute atomic E-state index is 1.57. The molecule has 0 aromatic heterocycles. The van der Waals surface area contributed by atoms with Crippen LogP contribution in [-0.2, 0) is 10.1 Å². The van der Waals surface area contributed by atoms with Crippen LogP contribution in [0.15, 0.2) is 0 Å². The fourth-order valence-electron chi connectivity index (χ4n) is 0.605. The molecule has 0 aliphatic rings. The zero-order chi connectivity index (χ0) is 10.6. The van der Waals surface area contributed by atoms with E-state index in [1.807, 2.05) is 0 Å². The molecule has 0 rings (SSSR count). The third kappa shape index (κ3) is 5.04. The summed E-state index contributed by atoms with van der Waals surface area (Å²) in [6, 6.07) is 0. The Labute approximate surface area is 72.5 Å². The first-order valence-electron chi connectivity index (χ1n) is 3.21. The van der Waals surface area contributed by atoms with Gasteiger partial charge in [0.25, 0.3) is 10.1 Å². The smallest absolute Gasteiger partial charge is 0.267 e. The summed E-state index contributed by atoms with van der Waals surface area (Å²) in [6.07, 6.45) is -8.36. The number of alkyl halides is 4. The van der Waals surface area contributed by atoms with Crippen LogP contribution in [0.25, 0.3) is 0 Å². The second-order valence-electron chi connectivity index (χ2n) is 2.38. The van der Waals surface area contributed by atoms with Crippen molar-refractivity contribution in [3.05, 3.63) is 0 Å². The number of hydrogen-bond donors (Lipinski definition) is 1. The molecule has 0 fully saturated rings. The van der Waals surface area contributed by atoms with Gasteiger partial charge in [-0.3, -0.25) is 4.55 Å². The summed E-state index contributed by atoms with van der Waals surface area (Å²) in [5, 5.41) is 0. The van der Waals surface area contributed by atoms with Gasteiger partial charge in [0, 0.05) is 0 Å². The quantitative estimate of drug-likeness (QED) is 0.556. The molecule has 3 unspecified atom stereocenters. The number of halogens is 4. The highest BCUT2D eigenvalue weighted by atomic mass is 32.2. The van der Waals surface area contributed by atoms with Crippen molar-refractivity contribution in [2.24, 2.45) is 0 Å². The van der Waals surface area contributed by atoms with Gasteiger partial charge >= 0.3 is 0 Å². The summed E-state index contributed by atoms with van der Waals surface area (Å²) in [5.41, 5.74) is 0. The Kier molecular flexibility index (Phi) is 4.62. The predicted octanol–water partition coefficient (Wildman–Crippen LogP) is 0.858. The first kappa shape index (κ1) is 12.6. The molecule has 0 radical (unpaired) electrons. The van der Waals surface area contributed by atoms with Crippen LogP contribution in [0.4, 0.5) is 17.6 Å². The lowest BCUT2D eigenvalue weighted by Gasteiger charge is -2.13. The van der Waals surface area contributed by atoms with E-state index in [0.29, 0.717) is 0 Å². The Hall–Kier alpha value is -0.370. The third-order valence-electron chi connectivity index (χ3n) is 1.21. The van der Waals surface area contributed by atoms with Gasteiger partial charge in [-0.25, -0.2) is 17.6 Å². The summed E-state index contributed by atoms with van der Waals surface area (Å²) < 4.78 is 76.3. The van der Waals surface area contributed by atoms with Crippen LogP contribution in [0.1, 0.15) is 0 Å². The van der Waals surface area contributed by atoms with E-state index >= 15 is 0 Å². The molecule has 0 aliphatic heterocycles. The highest BCUT2D eigenvalue weighted by molar-refractivity contribution is 7.85. The lowest BCUT2D eigenvalue weighted by molar-refractivity contribution is 0.0761. The standard InChI is InChI=1S/C5H8F4O3S/c6-1-3(7)5(9)4(8)2-13(10,11)12/h3-5H,1-2H2,(H,10,11,12). The SMILES string of the molecule is O=S(=O)(O)CC(F)C(F)C(F)CF. The van der Waals surface area contributed by atoms with E-state index < -0.39 is 41.1 Å². The lowest BCUT2D eigenvalue weighted by atomic mass is 10.2. The number of rotatable bonds is 5.